The second-order valence-corrected chi connectivity index (χ2v) is 5.88. The summed E-state index contributed by atoms with van der Waals surface area (Å²) in [5.41, 5.74) is 1.50. The van der Waals surface area contributed by atoms with Crippen molar-refractivity contribution in [1.82, 2.24) is 5.32 Å². The van der Waals surface area contributed by atoms with E-state index in [0.29, 0.717) is 17.2 Å². The summed E-state index contributed by atoms with van der Waals surface area (Å²) in [6.45, 7) is 2.84. The van der Waals surface area contributed by atoms with Gasteiger partial charge in [-0.05, 0) is 43.7 Å². The number of methoxy groups -OCH3 is 1. The Morgan fingerprint density at radius 3 is 2.43 bits per heavy atom. The molecule has 2 aromatic carbocycles. The molecule has 0 spiro atoms. The summed E-state index contributed by atoms with van der Waals surface area (Å²) in [5, 5.41) is 4.60. The number of esters is 1. The number of para-hydroxylation sites is 1. The molecule has 2 N–H and O–H groups in total. The number of nitrogens with one attached hydrogen (secondary N) is 2. The number of hydrogen-bond donors (Lipinski definition) is 2. The molecule has 0 aliphatic rings. The predicted octanol–water partition coefficient (Wildman–Crippen LogP) is 2.66. The second-order valence-electron chi connectivity index (χ2n) is 5.88. The first-order valence-electron chi connectivity index (χ1n) is 8.53. The third-order valence-electron chi connectivity index (χ3n) is 3.61. The van der Waals surface area contributed by atoms with Crippen LogP contribution in [0.1, 0.15) is 12.5 Å². The molecule has 0 bridgehead atoms. The highest BCUT2D eigenvalue weighted by Crippen LogP contribution is 2.27. The summed E-state index contributed by atoms with van der Waals surface area (Å²) in [6.07, 6.45) is -1.17. The van der Waals surface area contributed by atoms with Gasteiger partial charge >= 0.3 is 12.0 Å². The van der Waals surface area contributed by atoms with Gasteiger partial charge in [0.15, 0.2) is 24.2 Å². The Hall–Kier alpha value is -3.55. The summed E-state index contributed by atoms with van der Waals surface area (Å²) >= 11 is 0. The lowest BCUT2D eigenvalue weighted by Gasteiger charge is -2.14. The minimum absolute atomic E-state index is 0.379. The molecule has 0 heterocycles. The maximum absolute atomic E-state index is 12.0. The molecule has 0 aliphatic heterocycles. The van der Waals surface area contributed by atoms with Gasteiger partial charge < -0.3 is 19.5 Å². The molecule has 0 saturated heterocycles. The molecule has 8 heteroatoms. The first-order valence-corrected chi connectivity index (χ1v) is 8.53. The minimum atomic E-state index is -1.17. The molecular formula is C20H22N2O6. The minimum Gasteiger partial charge on any atom is -0.493 e. The van der Waals surface area contributed by atoms with Crippen molar-refractivity contribution in [3.63, 3.8) is 0 Å². The molecule has 0 fully saturated rings. The zero-order chi connectivity index (χ0) is 20.5. The van der Waals surface area contributed by atoms with E-state index in [0.717, 1.165) is 5.56 Å². The van der Waals surface area contributed by atoms with E-state index in [1.165, 1.54) is 14.0 Å². The van der Waals surface area contributed by atoms with E-state index in [4.69, 9.17) is 14.2 Å². The highest BCUT2D eigenvalue weighted by molar-refractivity contribution is 6.02. The van der Waals surface area contributed by atoms with Crippen LogP contribution in [0.4, 0.5) is 10.5 Å². The fourth-order valence-corrected chi connectivity index (χ4v) is 2.21. The largest absolute Gasteiger partial charge is 0.493 e. The van der Waals surface area contributed by atoms with Crippen LogP contribution >= 0.6 is 0 Å². The average molecular weight is 386 g/mol. The van der Waals surface area contributed by atoms with E-state index in [1.54, 1.807) is 42.5 Å². The van der Waals surface area contributed by atoms with Gasteiger partial charge in [0.2, 0.25) is 0 Å². The van der Waals surface area contributed by atoms with E-state index >= 15 is 0 Å². The van der Waals surface area contributed by atoms with Gasteiger partial charge in [-0.1, -0.05) is 24.3 Å². The van der Waals surface area contributed by atoms with Crippen LogP contribution in [0.5, 0.6) is 11.5 Å². The number of ether oxygens (including phenoxy) is 3. The maximum Gasteiger partial charge on any atom is 0.344 e. The van der Waals surface area contributed by atoms with Crippen molar-refractivity contribution in [2.75, 3.05) is 19.0 Å². The third kappa shape index (κ3) is 6.31. The molecule has 1 atom stereocenters. The fraction of sp³-hybridized carbons (Fsp3) is 0.250. The number of anilines is 1. The smallest absolute Gasteiger partial charge is 0.344 e. The van der Waals surface area contributed by atoms with Crippen LogP contribution in [0.2, 0.25) is 0 Å². The van der Waals surface area contributed by atoms with Crippen LogP contribution in [-0.4, -0.2) is 37.7 Å². The summed E-state index contributed by atoms with van der Waals surface area (Å²) in [6, 6.07) is 13.1. The molecule has 0 radical (unpaired) electrons. The van der Waals surface area contributed by atoms with Gasteiger partial charge in [0.25, 0.3) is 5.91 Å². The van der Waals surface area contributed by atoms with Gasteiger partial charge in [-0.25, -0.2) is 9.59 Å². The molecule has 3 amide bonds. The summed E-state index contributed by atoms with van der Waals surface area (Å²) in [7, 11) is 1.49. The zero-order valence-electron chi connectivity index (χ0n) is 15.9. The number of imide groups is 1. The summed E-state index contributed by atoms with van der Waals surface area (Å²) in [4.78, 5) is 35.7. The molecule has 0 aliphatic carbocycles. The third-order valence-corrected chi connectivity index (χ3v) is 3.61. The van der Waals surface area contributed by atoms with Crippen molar-refractivity contribution in [2.24, 2.45) is 0 Å². The summed E-state index contributed by atoms with van der Waals surface area (Å²) < 4.78 is 15.5. The molecule has 2 rings (SSSR count). The first-order chi connectivity index (χ1) is 13.4. The lowest BCUT2D eigenvalue weighted by molar-refractivity contribution is -0.156. The number of hydrogen-bond acceptors (Lipinski definition) is 6. The van der Waals surface area contributed by atoms with Gasteiger partial charge in [0, 0.05) is 5.69 Å². The van der Waals surface area contributed by atoms with Gasteiger partial charge in [-0.3, -0.25) is 10.1 Å². The number of carbonyl (C=O) groups excluding carboxylic acids is 3. The highest BCUT2D eigenvalue weighted by atomic mass is 16.6. The molecule has 28 heavy (non-hydrogen) atoms. The van der Waals surface area contributed by atoms with Gasteiger partial charge in [0.1, 0.15) is 0 Å². The number of rotatable bonds is 7. The van der Waals surface area contributed by atoms with Crippen molar-refractivity contribution < 1.29 is 28.6 Å². The van der Waals surface area contributed by atoms with Gasteiger partial charge in [-0.2, -0.15) is 0 Å². The topological polar surface area (TPSA) is 103 Å². The van der Waals surface area contributed by atoms with Crippen molar-refractivity contribution in [3.05, 3.63) is 54.1 Å². The maximum atomic E-state index is 12.0. The van der Waals surface area contributed by atoms with Crippen LogP contribution in [0.25, 0.3) is 0 Å². The number of carbonyl (C=O) groups is 3. The van der Waals surface area contributed by atoms with Crippen LogP contribution < -0.4 is 20.1 Å². The van der Waals surface area contributed by atoms with Crippen molar-refractivity contribution in [1.29, 1.82) is 0 Å². The van der Waals surface area contributed by atoms with E-state index in [-0.39, 0.29) is 0 Å². The molecule has 2 aromatic rings. The number of benzene rings is 2. The average Bonchev–Trinajstić information content (AvgIpc) is 2.67. The lowest BCUT2D eigenvalue weighted by Crippen LogP contribution is -2.42. The first kappa shape index (κ1) is 20.8. The molecule has 1 unspecified atom stereocenters. The number of aryl methyl sites for hydroxylation is 1. The quantitative estimate of drug-likeness (QED) is 0.709. The molecule has 8 nitrogen and oxygen atoms in total. The van der Waals surface area contributed by atoms with E-state index in [1.807, 2.05) is 13.0 Å². The highest BCUT2D eigenvalue weighted by Gasteiger charge is 2.20. The zero-order valence-corrected chi connectivity index (χ0v) is 15.9. The van der Waals surface area contributed by atoms with Crippen molar-refractivity contribution >= 4 is 23.6 Å². The SMILES string of the molecule is COc1cc(C)ccc1OCC(=O)OC(C)C(=O)NC(=O)Nc1ccccc1. The molecule has 148 valence electrons. The Kier molecular flexibility index (Phi) is 7.38. The number of amides is 3. The van der Waals surface area contributed by atoms with Gasteiger partial charge in [0.05, 0.1) is 7.11 Å². The Labute approximate surface area is 162 Å². The number of urea groups is 1. The Bertz CT molecular complexity index is 838. The van der Waals surface area contributed by atoms with E-state index in [2.05, 4.69) is 10.6 Å². The Morgan fingerprint density at radius 2 is 1.75 bits per heavy atom. The molecule has 0 saturated carbocycles. The standard InChI is InChI=1S/C20H22N2O6/c1-13-9-10-16(17(11-13)26-3)27-12-18(23)28-14(2)19(24)22-20(25)21-15-7-5-4-6-8-15/h4-11,14H,12H2,1-3H3,(H2,21,22,24,25). The molecule has 0 aromatic heterocycles. The lowest BCUT2D eigenvalue weighted by atomic mass is 10.2. The molecular weight excluding hydrogens is 364 g/mol. The van der Waals surface area contributed by atoms with Crippen LogP contribution in [0.3, 0.4) is 0 Å². The van der Waals surface area contributed by atoms with Crippen LogP contribution in [0, 0.1) is 6.92 Å². The Balaban J connectivity index is 1.79. The summed E-state index contributed by atoms with van der Waals surface area (Å²) in [5.74, 6) is -0.649. The van der Waals surface area contributed by atoms with E-state index in [9.17, 15) is 14.4 Å². The van der Waals surface area contributed by atoms with E-state index < -0.39 is 30.6 Å². The van der Waals surface area contributed by atoms with Crippen molar-refractivity contribution in [2.45, 2.75) is 20.0 Å². The predicted molar refractivity (Wildman–Crippen MR) is 102 cm³/mol. The second kappa shape index (κ2) is 9.96. The van der Waals surface area contributed by atoms with Crippen LogP contribution in [-0.2, 0) is 14.3 Å². The normalized spacial score (nSPS) is 11.1. The van der Waals surface area contributed by atoms with Crippen molar-refractivity contribution in [3.8, 4) is 11.5 Å². The van der Waals surface area contributed by atoms with Crippen LogP contribution in [0.15, 0.2) is 48.5 Å². The fourth-order valence-electron chi connectivity index (χ4n) is 2.21. The monoisotopic (exact) mass is 386 g/mol. The Morgan fingerprint density at radius 1 is 1.04 bits per heavy atom. The van der Waals surface area contributed by atoms with Gasteiger partial charge in [-0.15, -0.1) is 0 Å².